The fourth-order valence-electron chi connectivity index (χ4n) is 1.87. The van der Waals surface area contributed by atoms with Gasteiger partial charge in [0.1, 0.15) is 0 Å². The summed E-state index contributed by atoms with van der Waals surface area (Å²) < 4.78 is 7.61. The minimum atomic E-state index is 0.529. The highest BCUT2D eigenvalue weighted by Crippen LogP contribution is 2.31. The Balaban J connectivity index is 1.37. The molecule has 1 N–H and O–H groups in total. The summed E-state index contributed by atoms with van der Waals surface area (Å²) in [6, 6.07) is 8.36. The summed E-state index contributed by atoms with van der Waals surface area (Å²) in [5.74, 6) is 1.70. The van der Waals surface area contributed by atoms with Crippen LogP contribution in [0, 0.1) is 0 Å². The first-order valence-electron chi connectivity index (χ1n) is 7.07. The topological polar surface area (TPSA) is 76.7 Å². The Morgan fingerprint density at radius 1 is 1.17 bits per heavy atom. The predicted molar refractivity (Wildman–Crippen MR) is 93.5 cm³/mol. The van der Waals surface area contributed by atoms with E-state index in [1.165, 1.54) is 12.8 Å². The van der Waals surface area contributed by atoms with E-state index in [4.69, 9.17) is 4.42 Å². The molecular formula is C14H12BrN5OS2. The lowest BCUT2D eigenvalue weighted by Gasteiger charge is -1.95. The molecule has 0 amide bonds. The number of thioether (sulfide) groups is 1. The summed E-state index contributed by atoms with van der Waals surface area (Å²) in [6.45, 7) is 0. The van der Waals surface area contributed by atoms with Crippen molar-refractivity contribution in [2.75, 3.05) is 5.32 Å². The molecule has 0 atom stereocenters. The van der Waals surface area contributed by atoms with E-state index in [1.807, 2.05) is 24.3 Å². The molecule has 0 spiro atoms. The standard InChI is InChI=1S/C14H12BrN5OS2/c15-9-3-1-8(2-4-9)12-18-17-11(21-12)7-22-14-20-19-13(23-14)16-10-5-6-10/h1-4,10H,5-7H2,(H,16,19). The molecule has 0 saturated heterocycles. The van der Waals surface area contributed by atoms with Crippen molar-refractivity contribution in [1.82, 2.24) is 20.4 Å². The van der Waals surface area contributed by atoms with E-state index in [1.54, 1.807) is 23.1 Å². The molecule has 1 aliphatic carbocycles. The van der Waals surface area contributed by atoms with E-state index in [0.29, 0.717) is 23.6 Å². The molecule has 1 aliphatic rings. The van der Waals surface area contributed by atoms with Crippen molar-refractivity contribution < 1.29 is 4.42 Å². The van der Waals surface area contributed by atoms with Gasteiger partial charge in [-0.05, 0) is 37.1 Å². The molecule has 0 aliphatic heterocycles. The monoisotopic (exact) mass is 409 g/mol. The van der Waals surface area contributed by atoms with Crippen LogP contribution in [-0.2, 0) is 5.75 Å². The molecule has 2 heterocycles. The summed E-state index contributed by atoms with van der Waals surface area (Å²) in [5.41, 5.74) is 0.906. The maximum absolute atomic E-state index is 5.70. The van der Waals surface area contributed by atoms with Gasteiger partial charge in [0.15, 0.2) is 4.34 Å². The van der Waals surface area contributed by atoms with Crippen LogP contribution in [0.4, 0.5) is 5.13 Å². The molecule has 4 rings (SSSR count). The molecule has 1 saturated carbocycles. The van der Waals surface area contributed by atoms with Gasteiger partial charge in [-0.3, -0.25) is 0 Å². The first-order chi connectivity index (χ1) is 11.3. The van der Waals surface area contributed by atoms with Gasteiger partial charge in [-0.1, -0.05) is 39.0 Å². The van der Waals surface area contributed by atoms with Crippen LogP contribution in [-0.4, -0.2) is 26.4 Å². The average molecular weight is 410 g/mol. The van der Waals surface area contributed by atoms with Crippen LogP contribution in [0.3, 0.4) is 0 Å². The number of nitrogens with one attached hydrogen (secondary N) is 1. The number of rotatable bonds is 6. The zero-order valence-electron chi connectivity index (χ0n) is 11.9. The van der Waals surface area contributed by atoms with Crippen LogP contribution in [0.15, 0.2) is 37.5 Å². The summed E-state index contributed by atoms with van der Waals surface area (Å²) in [5, 5.41) is 20.7. The van der Waals surface area contributed by atoms with Crippen molar-refractivity contribution in [2.45, 2.75) is 29.0 Å². The summed E-state index contributed by atoms with van der Waals surface area (Å²) in [7, 11) is 0. The summed E-state index contributed by atoms with van der Waals surface area (Å²) >= 11 is 6.52. The van der Waals surface area contributed by atoms with E-state index < -0.39 is 0 Å². The smallest absolute Gasteiger partial charge is 0.247 e. The Kier molecular flexibility index (Phi) is 4.32. The molecule has 6 nitrogen and oxygen atoms in total. The molecule has 118 valence electrons. The fraction of sp³-hybridized carbons (Fsp3) is 0.286. The first-order valence-corrected chi connectivity index (χ1v) is 9.67. The number of hydrogen-bond donors (Lipinski definition) is 1. The Morgan fingerprint density at radius 2 is 2.00 bits per heavy atom. The Bertz CT molecular complexity index is 800. The second-order valence-electron chi connectivity index (χ2n) is 5.09. The van der Waals surface area contributed by atoms with E-state index in [0.717, 1.165) is 19.5 Å². The largest absolute Gasteiger partial charge is 0.420 e. The molecule has 2 aromatic heterocycles. The van der Waals surface area contributed by atoms with Gasteiger partial charge < -0.3 is 9.73 Å². The molecular weight excluding hydrogens is 398 g/mol. The third kappa shape index (κ3) is 3.91. The fourth-order valence-corrected chi connectivity index (χ4v) is 3.80. The van der Waals surface area contributed by atoms with Gasteiger partial charge in [0.2, 0.25) is 16.9 Å². The van der Waals surface area contributed by atoms with Crippen LogP contribution in [0.1, 0.15) is 18.7 Å². The van der Waals surface area contributed by atoms with Gasteiger partial charge >= 0.3 is 0 Å². The van der Waals surface area contributed by atoms with Crippen LogP contribution >= 0.6 is 39.0 Å². The number of benzene rings is 1. The van der Waals surface area contributed by atoms with E-state index >= 15 is 0 Å². The summed E-state index contributed by atoms with van der Waals surface area (Å²) in [6.07, 6.45) is 2.45. The van der Waals surface area contributed by atoms with Crippen molar-refractivity contribution in [3.63, 3.8) is 0 Å². The highest BCUT2D eigenvalue weighted by atomic mass is 79.9. The minimum Gasteiger partial charge on any atom is -0.420 e. The van der Waals surface area contributed by atoms with E-state index in [-0.39, 0.29) is 0 Å². The van der Waals surface area contributed by atoms with E-state index in [2.05, 4.69) is 41.6 Å². The third-order valence-electron chi connectivity index (χ3n) is 3.19. The van der Waals surface area contributed by atoms with Crippen molar-refractivity contribution in [3.05, 3.63) is 34.6 Å². The average Bonchev–Trinajstić information content (AvgIpc) is 3.07. The third-order valence-corrected chi connectivity index (χ3v) is 5.69. The highest BCUT2D eigenvalue weighted by Gasteiger charge is 2.22. The molecule has 3 aromatic rings. The first kappa shape index (κ1) is 15.1. The lowest BCUT2D eigenvalue weighted by molar-refractivity contribution is 0.528. The minimum absolute atomic E-state index is 0.529. The Morgan fingerprint density at radius 3 is 2.78 bits per heavy atom. The SMILES string of the molecule is Brc1ccc(-c2nnc(CSc3nnc(NC4CC4)s3)o2)cc1. The lowest BCUT2D eigenvalue weighted by atomic mass is 10.2. The normalized spacial score (nSPS) is 14.1. The van der Waals surface area contributed by atoms with Crippen molar-refractivity contribution in [1.29, 1.82) is 0 Å². The van der Waals surface area contributed by atoms with Crippen LogP contribution < -0.4 is 5.32 Å². The van der Waals surface area contributed by atoms with Gasteiger partial charge in [-0.15, -0.1) is 20.4 Å². The van der Waals surface area contributed by atoms with Gasteiger partial charge in [0, 0.05) is 16.1 Å². The van der Waals surface area contributed by atoms with Gasteiger partial charge in [-0.2, -0.15) is 0 Å². The molecule has 0 bridgehead atoms. The second-order valence-corrected chi connectivity index (χ2v) is 8.20. The Labute approximate surface area is 149 Å². The zero-order valence-corrected chi connectivity index (χ0v) is 15.1. The molecule has 1 fully saturated rings. The summed E-state index contributed by atoms with van der Waals surface area (Å²) in [4.78, 5) is 0. The maximum Gasteiger partial charge on any atom is 0.247 e. The zero-order chi connectivity index (χ0) is 15.6. The van der Waals surface area contributed by atoms with Crippen LogP contribution in [0.25, 0.3) is 11.5 Å². The van der Waals surface area contributed by atoms with Crippen LogP contribution in [0.5, 0.6) is 0 Å². The van der Waals surface area contributed by atoms with Crippen molar-refractivity contribution >= 4 is 44.2 Å². The molecule has 0 radical (unpaired) electrons. The van der Waals surface area contributed by atoms with Gasteiger partial charge in [0.25, 0.3) is 0 Å². The van der Waals surface area contributed by atoms with Crippen molar-refractivity contribution in [3.8, 4) is 11.5 Å². The van der Waals surface area contributed by atoms with Crippen LogP contribution in [0.2, 0.25) is 0 Å². The number of anilines is 1. The Hall–Kier alpha value is -1.45. The van der Waals surface area contributed by atoms with Crippen molar-refractivity contribution in [2.24, 2.45) is 0 Å². The van der Waals surface area contributed by atoms with E-state index in [9.17, 15) is 0 Å². The molecule has 1 aromatic carbocycles. The van der Waals surface area contributed by atoms with Gasteiger partial charge in [-0.25, -0.2) is 0 Å². The quantitative estimate of drug-likeness (QED) is 0.610. The molecule has 23 heavy (non-hydrogen) atoms. The lowest BCUT2D eigenvalue weighted by Crippen LogP contribution is -1.99. The maximum atomic E-state index is 5.70. The second kappa shape index (κ2) is 6.58. The highest BCUT2D eigenvalue weighted by molar-refractivity contribution is 9.10. The molecule has 9 heteroatoms. The number of aromatic nitrogens is 4. The number of hydrogen-bond acceptors (Lipinski definition) is 8. The number of halogens is 1. The molecule has 0 unspecified atom stereocenters. The number of nitrogens with zero attached hydrogens (tertiary/aromatic N) is 4. The predicted octanol–water partition coefficient (Wildman–Crippen LogP) is 4.22. The van der Waals surface area contributed by atoms with Gasteiger partial charge in [0.05, 0.1) is 5.75 Å².